The third-order valence-electron chi connectivity index (χ3n) is 2.80. The normalized spacial score (nSPS) is 18.8. The van der Waals surface area contributed by atoms with Crippen LogP contribution in [0.2, 0.25) is 0 Å². The number of hydrogen-bond acceptors (Lipinski definition) is 3. The topological polar surface area (TPSA) is 25.4 Å². The van der Waals surface area contributed by atoms with Crippen molar-refractivity contribution in [1.82, 2.24) is 4.98 Å². The second kappa shape index (κ2) is 3.76. The van der Waals surface area contributed by atoms with E-state index < -0.39 is 0 Å². The maximum Gasteiger partial charge on any atom is 0.143 e. The minimum Gasteiger partial charge on any atom is -0.375 e. The van der Waals surface area contributed by atoms with Crippen molar-refractivity contribution in [1.29, 1.82) is 0 Å². The van der Waals surface area contributed by atoms with E-state index >= 15 is 0 Å². The van der Waals surface area contributed by atoms with Crippen LogP contribution in [0.5, 0.6) is 0 Å². The van der Waals surface area contributed by atoms with Crippen LogP contribution in [0.25, 0.3) is 0 Å². The summed E-state index contributed by atoms with van der Waals surface area (Å²) in [5, 5.41) is 0. The Morgan fingerprint density at radius 1 is 1.53 bits per heavy atom. The number of aromatic nitrogens is 1. The van der Waals surface area contributed by atoms with Gasteiger partial charge in [0.1, 0.15) is 5.82 Å². The molecule has 0 radical (unpaired) electrons. The van der Waals surface area contributed by atoms with E-state index in [9.17, 15) is 0 Å². The number of ether oxygens (including phenoxy) is 1. The second-order valence-corrected chi connectivity index (χ2v) is 5.18. The maximum atomic E-state index is 5.40. The molecule has 0 amide bonds. The first-order chi connectivity index (χ1) is 7.04. The lowest BCUT2D eigenvalue weighted by atomic mass is 9.96. The molecule has 0 atom stereocenters. The van der Waals surface area contributed by atoms with Gasteiger partial charge in [0.2, 0.25) is 0 Å². The van der Waals surface area contributed by atoms with Crippen molar-refractivity contribution < 1.29 is 4.74 Å². The highest BCUT2D eigenvalue weighted by Crippen LogP contribution is 2.33. The highest BCUT2D eigenvalue weighted by atomic mass is 79.9. The number of halogens is 1. The Hall–Kier alpha value is -0.610. The van der Waals surface area contributed by atoms with E-state index in [1.165, 1.54) is 5.56 Å². The summed E-state index contributed by atoms with van der Waals surface area (Å²) in [6.45, 7) is 5.96. The number of pyridine rings is 1. The summed E-state index contributed by atoms with van der Waals surface area (Å²) in [4.78, 5) is 6.64. The van der Waals surface area contributed by atoms with Gasteiger partial charge in [0.15, 0.2) is 0 Å². The van der Waals surface area contributed by atoms with Gasteiger partial charge in [-0.15, -0.1) is 0 Å². The third-order valence-corrected chi connectivity index (χ3v) is 3.39. The predicted octanol–water partition coefficient (Wildman–Crippen LogP) is 2.38. The molecular formula is C11H15BrN2O. The number of methoxy groups -OCH3 is 1. The fourth-order valence-electron chi connectivity index (χ4n) is 1.80. The SMILES string of the molecule is COC1(C)CN(c2ncc(C)cc2Br)C1. The van der Waals surface area contributed by atoms with Crippen molar-refractivity contribution in [3.05, 3.63) is 22.3 Å². The Balaban J connectivity index is 2.13. The van der Waals surface area contributed by atoms with Crippen LogP contribution < -0.4 is 4.90 Å². The molecule has 0 spiro atoms. The molecule has 0 N–H and O–H groups in total. The molecule has 0 aliphatic carbocycles. The van der Waals surface area contributed by atoms with Crippen molar-refractivity contribution in [2.45, 2.75) is 19.4 Å². The first-order valence-corrected chi connectivity index (χ1v) is 5.76. The van der Waals surface area contributed by atoms with Crippen molar-refractivity contribution in [2.75, 3.05) is 25.1 Å². The Morgan fingerprint density at radius 3 is 2.73 bits per heavy atom. The second-order valence-electron chi connectivity index (χ2n) is 4.33. The summed E-state index contributed by atoms with van der Waals surface area (Å²) in [6.07, 6.45) is 1.89. The molecule has 1 fully saturated rings. The lowest BCUT2D eigenvalue weighted by Gasteiger charge is -2.47. The van der Waals surface area contributed by atoms with Gasteiger partial charge in [-0.1, -0.05) is 0 Å². The van der Waals surface area contributed by atoms with E-state index in [1.54, 1.807) is 7.11 Å². The zero-order chi connectivity index (χ0) is 11.1. The van der Waals surface area contributed by atoms with Crippen molar-refractivity contribution in [3.8, 4) is 0 Å². The first kappa shape index (κ1) is 10.9. The smallest absolute Gasteiger partial charge is 0.143 e. The summed E-state index contributed by atoms with van der Waals surface area (Å²) in [6, 6.07) is 2.09. The average molecular weight is 271 g/mol. The third kappa shape index (κ3) is 2.01. The molecule has 1 aromatic heterocycles. The highest BCUT2D eigenvalue weighted by Gasteiger charge is 2.40. The molecule has 0 aromatic carbocycles. The Bertz CT molecular complexity index is 375. The van der Waals surface area contributed by atoms with Crippen molar-refractivity contribution >= 4 is 21.7 Å². The van der Waals surface area contributed by atoms with E-state index in [0.717, 1.165) is 23.4 Å². The lowest BCUT2D eigenvalue weighted by Crippen LogP contribution is -2.61. The number of aryl methyl sites for hydroxylation is 1. The van der Waals surface area contributed by atoms with Crippen LogP contribution in [0.3, 0.4) is 0 Å². The zero-order valence-corrected chi connectivity index (χ0v) is 10.8. The number of rotatable bonds is 2. The minimum absolute atomic E-state index is 0.00793. The van der Waals surface area contributed by atoms with Gasteiger partial charge in [-0.3, -0.25) is 0 Å². The Labute approximate surface area is 98.6 Å². The molecule has 2 heterocycles. The monoisotopic (exact) mass is 270 g/mol. The quantitative estimate of drug-likeness (QED) is 0.825. The van der Waals surface area contributed by atoms with E-state index in [2.05, 4.69) is 38.8 Å². The van der Waals surface area contributed by atoms with Crippen LogP contribution in [-0.4, -0.2) is 30.8 Å². The first-order valence-electron chi connectivity index (χ1n) is 4.96. The van der Waals surface area contributed by atoms with Gasteiger partial charge in [0.05, 0.1) is 10.1 Å². The van der Waals surface area contributed by atoms with Crippen LogP contribution in [0.15, 0.2) is 16.7 Å². The fraction of sp³-hybridized carbons (Fsp3) is 0.545. The van der Waals surface area contributed by atoms with Crippen LogP contribution in [0, 0.1) is 6.92 Å². The zero-order valence-electron chi connectivity index (χ0n) is 9.25. The van der Waals surface area contributed by atoms with Crippen molar-refractivity contribution in [2.24, 2.45) is 0 Å². The van der Waals surface area contributed by atoms with Gasteiger partial charge < -0.3 is 9.64 Å². The van der Waals surface area contributed by atoms with E-state index in [1.807, 2.05) is 13.1 Å². The summed E-state index contributed by atoms with van der Waals surface area (Å²) in [7, 11) is 1.76. The predicted molar refractivity (Wildman–Crippen MR) is 64.3 cm³/mol. The van der Waals surface area contributed by atoms with Crippen molar-refractivity contribution in [3.63, 3.8) is 0 Å². The molecule has 1 saturated heterocycles. The molecule has 4 heteroatoms. The van der Waals surface area contributed by atoms with E-state index in [0.29, 0.717) is 0 Å². The largest absolute Gasteiger partial charge is 0.375 e. The Morgan fingerprint density at radius 2 is 2.20 bits per heavy atom. The molecule has 1 aliphatic rings. The summed E-state index contributed by atoms with van der Waals surface area (Å²) in [5.74, 6) is 1.01. The van der Waals surface area contributed by atoms with E-state index in [4.69, 9.17) is 4.74 Å². The average Bonchev–Trinajstić information content (AvgIpc) is 2.14. The molecular weight excluding hydrogens is 256 g/mol. The van der Waals surface area contributed by atoms with Crippen LogP contribution in [0.4, 0.5) is 5.82 Å². The number of anilines is 1. The van der Waals surface area contributed by atoms with Gasteiger partial charge in [-0.25, -0.2) is 4.98 Å². The van der Waals surface area contributed by atoms with Gasteiger partial charge in [-0.2, -0.15) is 0 Å². The molecule has 0 bridgehead atoms. The molecule has 1 aromatic rings. The molecule has 0 saturated carbocycles. The summed E-state index contributed by atoms with van der Waals surface area (Å²) in [5.41, 5.74) is 1.16. The highest BCUT2D eigenvalue weighted by molar-refractivity contribution is 9.10. The van der Waals surface area contributed by atoms with Crippen LogP contribution >= 0.6 is 15.9 Å². The maximum absolute atomic E-state index is 5.40. The molecule has 15 heavy (non-hydrogen) atoms. The molecule has 3 nitrogen and oxygen atoms in total. The van der Waals surface area contributed by atoms with Gasteiger partial charge >= 0.3 is 0 Å². The fourth-order valence-corrected chi connectivity index (χ4v) is 2.51. The lowest BCUT2D eigenvalue weighted by molar-refractivity contribution is -0.0172. The molecule has 2 rings (SSSR count). The van der Waals surface area contributed by atoms with E-state index in [-0.39, 0.29) is 5.60 Å². The Kier molecular flexibility index (Phi) is 2.73. The number of hydrogen-bond donors (Lipinski definition) is 0. The molecule has 82 valence electrons. The van der Waals surface area contributed by atoms with Gasteiger partial charge in [0.25, 0.3) is 0 Å². The van der Waals surface area contributed by atoms with Crippen LogP contribution in [0.1, 0.15) is 12.5 Å². The number of nitrogens with zero attached hydrogens (tertiary/aromatic N) is 2. The van der Waals surface area contributed by atoms with Crippen LogP contribution in [-0.2, 0) is 4.74 Å². The summed E-state index contributed by atoms with van der Waals surface area (Å²) >= 11 is 3.54. The van der Waals surface area contributed by atoms with Gasteiger partial charge in [-0.05, 0) is 41.4 Å². The summed E-state index contributed by atoms with van der Waals surface area (Å²) < 4.78 is 6.46. The molecule has 1 aliphatic heterocycles. The standard InChI is InChI=1S/C11H15BrN2O/c1-8-4-9(12)10(13-5-8)14-6-11(2,7-14)15-3/h4-5H,6-7H2,1-3H3. The minimum atomic E-state index is -0.00793. The van der Waals surface area contributed by atoms with Gasteiger partial charge in [0, 0.05) is 26.4 Å². The molecule has 0 unspecified atom stereocenters.